The van der Waals surface area contributed by atoms with E-state index in [0.29, 0.717) is 17.6 Å². The Morgan fingerprint density at radius 1 is 1.88 bits per heavy atom. The van der Waals surface area contributed by atoms with Crippen LogP contribution in [0.5, 0.6) is 0 Å². The summed E-state index contributed by atoms with van der Waals surface area (Å²) in [5.74, 6) is 0. The van der Waals surface area contributed by atoms with Crippen LogP contribution in [0.25, 0.3) is 0 Å². The van der Waals surface area contributed by atoms with Crippen molar-refractivity contribution in [3.8, 4) is 0 Å². The average molecular weight is 132 g/mol. The van der Waals surface area contributed by atoms with Crippen molar-refractivity contribution in [2.24, 2.45) is 5.14 Å². The van der Waals surface area contributed by atoms with E-state index < -0.39 is 0 Å². The third kappa shape index (κ3) is 3.70. The summed E-state index contributed by atoms with van der Waals surface area (Å²) in [4.78, 5) is 10.3. The minimum absolute atomic E-state index is 0.280. The summed E-state index contributed by atoms with van der Waals surface area (Å²) in [5.41, 5.74) is 0.605. The third-order valence-corrected chi connectivity index (χ3v) is 0.739. The predicted octanol–water partition coefficient (Wildman–Crippen LogP) is 0.837. The van der Waals surface area contributed by atoms with Gasteiger partial charge in [-0.1, -0.05) is 6.58 Å². The summed E-state index contributed by atoms with van der Waals surface area (Å²) in [6.07, 6.45) is 0. The Morgan fingerprint density at radius 3 is 2.50 bits per heavy atom. The molecular weight excluding hydrogens is 124 g/mol. The van der Waals surface area contributed by atoms with Crippen molar-refractivity contribution in [1.29, 1.82) is 0 Å². The molecule has 0 radical (unpaired) electrons. The van der Waals surface area contributed by atoms with Crippen molar-refractivity contribution in [1.82, 2.24) is 5.32 Å². The molecule has 0 fully saturated rings. The topological polar surface area (TPSA) is 55.1 Å². The highest BCUT2D eigenvalue weighted by Crippen LogP contribution is 1.89. The van der Waals surface area contributed by atoms with E-state index in [-0.39, 0.29) is 5.24 Å². The Kier molecular flexibility index (Phi) is 3.30. The zero-order valence-electron chi connectivity index (χ0n) is 4.60. The highest BCUT2D eigenvalue weighted by atomic mass is 32.2. The van der Waals surface area contributed by atoms with Gasteiger partial charge in [0.15, 0.2) is 0 Å². The van der Waals surface area contributed by atoms with Crippen molar-refractivity contribution in [2.45, 2.75) is 6.92 Å². The lowest BCUT2D eigenvalue weighted by Gasteiger charge is -1.96. The van der Waals surface area contributed by atoms with Gasteiger partial charge in [0, 0.05) is 17.6 Å². The first kappa shape index (κ1) is 7.52. The molecule has 0 aliphatic heterocycles. The first-order chi connectivity index (χ1) is 3.66. The van der Waals surface area contributed by atoms with Gasteiger partial charge < -0.3 is 5.32 Å². The number of allylic oxidation sites excluding steroid dienone is 1. The van der Waals surface area contributed by atoms with Crippen molar-refractivity contribution in [2.75, 3.05) is 0 Å². The van der Waals surface area contributed by atoms with E-state index in [9.17, 15) is 4.79 Å². The minimum Gasteiger partial charge on any atom is -0.320 e. The van der Waals surface area contributed by atoms with Crippen LogP contribution in [0.1, 0.15) is 6.92 Å². The zero-order valence-corrected chi connectivity index (χ0v) is 5.42. The second-order valence-corrected chi connectivity index (χ2v) is 1.92. The minimum atomic E-state index is -0.280. The van der Waals surface area contributed by atoms with Gasteiger partial charge in [-0.15, -0.1) is 0 Å². The normalized spacial score (nSPS) is 8.25. The summed E-state index contributed by atoms with van der Waals surface area (Å²) < 4.78 is 0. The molecule has 0 rings (SSSR count). The number of carbonyl (C=O) groups is 1. The molecule has 0 atom stereocenters. The van der Waals surface area contributed by atoms with Gasteiger partial charge in [0.05, 0.1) is 0 Å². The maximum absolute atomic E-state index is 10.3. The fourth-order valence-electron chi connectivity index (χ4n) is 0.204. The smallest absolute Gasteiger partial charge is 0.297 e. The van der Waals surface area contributed by atoms with Gasteiger partial charge >= 0.3 is 0 Å². The van der Waals surface area contributed by atoms with Crippen molar-refractivity contribution in [3.05, 3.63) is 12.3 Å². The van der Waals surface area contributed by atoms with E-state index in [0.717, 1.165) is 0 Å². The highest BCUT2D eigenvalue weighted by Gasteiger charge is 1.93. The van der Waals surface area contributed by atoms with Crippen molar-refractivity contribution in [3.63, 3.8) is 0 Å². The van der Waals surface area contributed by atoms with Crippen LogP contribution < -0.4 is 10.5 Å². The number of carbonyl (C=O) groups excluding carboxylic acids is 1. The SMILES string of the molecule is C=C(C)NC(=O)SN. The van der Waals surface area contributed by atoms with Gasteiger partial charge in [0.1, 0.15) is 0 Å². The summed E-state index contributed by atoms with van der Waals surface area (Å²) in [6, 6.07) is 0. The fraction of sp³-hybridized carbons (Fsp3) is 0.250. The number of hydrogen-bond donors (Lipinski definition) is 2. The van der Waals surface area contributed by atoms with E-state index in [2.05, 4.69) is 11.9 Å². The Balaban J connectivity index is 3.40. The Bertz CT molecular complexity index is 113. The molecule has 3 N–H and O–H groups in total. The number of nitrogens with two attached hydrogens (primary N) is 1. The lowest BCUT2D eigenvalue weighted by Crippen LogP contribution is -2.16. The maximum atomic E-state index is 10.3. The molecule has 0 saturated heterocycles. The Morgan fingerprint density at radius 2 is 2.38 bits per heavy atom. The average Bonchev–Trinajstić information content (AvgIpc) is 1.65. The van der Waals surface area contributed by atoms with E-state index >= 15 is 0 Å². The van der Waals surface area contributed by atoms with Crippen LogP contribution in [0.4, 0.5) is 4.79 Å². The number of nitrogens with one attached hydrogen (secondary N) is 1. The van der Waals surface area contributed by atoms with E-state index in [1.807, 2.05) is 0 Å². The van der Waals surface area contributed by atoms with Gasteiger partial charge in [-0.2, -0.15) is 0 Å². The van der Waals surface area contributed by atoms with Gasteiger partial charge in [0.2, 0.25) is 0 Å². The maximum Gasteiger partial charge on any atom is 0.297 e. The fourth-order valence-corrected chi connectivity index (χ4v) is 0.437. The summed E-state index contributed by atoms with van der Waals surface area (Å²) >= 11 is 0.642. The first-order valence-corrected chi connectivity index (χ1v) is 2.88. The molecule has 0 aromatic rings. The number of hydrogen-bond acceptors (Lipinski definition) is 3. The van der Waals surface area contributed by atoms with Crippen LogP contribution in [0.15, 0.2) is 12.3 Å². The summed E-state index contributed by atoms with van der Waals surface area (Å²) in [6.45, 7) is 5.13. The lowest BCUT2D eigenvalue weighted by molar-refractivity contribution is 0.263. The molecule has 0 aliphatic rings. The summed E-state index contributed by atoms with van der Waals surface area (Å²) in [7, 11) is 0. The molecule has 0 spiro atoms. The molecule has 0 aliphatic carbocycles. The van der Waals surface area contributed by atoms with Crippen LogP contribution in [0.3, 0.4) is 0 Å². The third-order valence-electron chi connectivity index (χ3n) is 0.422. The van der Waals surface area contributed by atoms with Crippen molar-refractivity contribution < 1.29 is 4.79 Å². The van der Waals surface area contributed by atoms with Gasteiger partial charge in [-0.25, -0.2) is 0 Å². The molecule has 0 bridgehead atoms. The Hall–Kier alpha value is -0.480. The molecule has 46 valence electrons. The standard InChI is InChI=1S/C4H8N2OS/c1-3(2)6-4(7)8-5/h1,5H2,2H3,(H,6,7). The van der Waals surface area contributed by atoms with Crippen LogP contribution in [0, 0.1) is 0 Å². The first-order valence-electron chi connectivity index (χ1n) is 2.00. The molecule has 1 amide bonds. The quantitative estimate of drug-likeness (QED) is 0.520. The number of rotatable bonds is 1. The second-order valence-electron chi connectivity index (χ2n) is 1.31. The monoisotopic (exact) mass is 132 g/mol. The van der Waals surface area contributed by atoms with Gasteiger partial charge in [-0.05, 0) is 6.92 Å². The number of amides is 1. The van der Waals surface area contributed by atoms with Gasteiger partial charge in [-0.3, -0.25) is 9.93 Å². The van der Waals surface area contributed by atoms with E-state index in [1.165, 1.54) is 0 Å². The second kappa shape index (κ2) is 3.51. The molecule has 4 heteroatoms. The van der Waals surface area contributed by atoms with Crippen LogP contribution in [0.2, 0.25) is 0 Å². The zero-order chi connectivity index (χ0) is 6.57. The summed E-state index contributed by atoms with van der Waals surface area (Å²) in [5, 5.41) is 7.00. The predicted molar refractivity (Wildman–Crippen MR) is 35.1 cm³/mol. The van der Waals surface area contributed by atoms with Crippen LogP contribution >= 0.6 is 11.9 Å². The molecule has 0 aromatic heterocycles. The largest absolute Gasteiger partial charge is 0.320 e. The van der Waals surface area contributed by atoms with Crippen LogP contribution in [-0.2, 0) is 0 Å². The molecule has 0 aromatic carbocycles. The van der Waals surface area contributed by atoms with E-state index in [1.54, 1.807) is 6.92 Å². The molecule has 0 heterocycles. The molecular formula is C4H8N2OS. The molecule has 3 nitrogen and oxygen atoms in total. The Labute approximate surface area is 52.5 Å². The molecule has 8 heavy (non-hydrogen) atoms. The molecule has 0 unspecified atom stereocenters. The highest BCUT2D eigenvalue weighted by molar-refractivity contribution is 8.11. The van der Waals surface area contributed by atoms with E-state index in [4.69, 9.17) is 5.14 Å². The molecule has 0 saturated carbocycles. The lowest BCUT2D eigenvalue weighted by atomic mass is 10.6. The van der Waals surface area contributed by atoms with Crippen LogP contribution in [-0.4, -0.2) is 5.24 Å². The van der Waals surface area contributed by atoms with Crippen molar-refractivity contribution >= 4 is 17.2 Å². The van der Waals surface area contributed by atoms with Gasteiger partial charge in [0.25, 0.3) is 5.24 Å².